The number of hydrogen-bond donors (Lipinski definition) is 0. The van der Waals surface area contributed by atoms with Crippen LogP contribution in [0.4, 0.5) is 0 Å². The summed E-state index contributed by atoms with van der Waals surface area (Å²) in [6.45, 7) is 6.47. The monoisotopic (exact) mass is 907 g/mol. The van der Waals surface area contributed by atoms with E-state index in [9.17, 15) is 14.4 Å². The Bertz CT molecular complexity index is 1230. The summed E-state index contributed by atoms with van der Waals surface area (Å²) in [5.41, 5.74) is 0. The van der Waals surface area contributed by atoms with Crippen molar-refractivity contribution in [1.29, 1.82) is 0 Å². The molecule has 0 aromatic heterocycles. The van der Waals surface area contributed by atoms with E-state index in [0.717, 1.165) is 70.6 Å². The molecule has 65 heavy (non-hydrogen) atoms. The van der Waals surface area contributed by atoms with Gasteiger partial charge in [0.15, 0.2) is 6.10 Å². The van der Waals surface area contributed by atoms with Crippen molar-refractivity contribution in [2.75, 3.05) is 13.2 Å². The third kappa shape index (κ3) is 51.7. The number of allylic oxidation sites excluding steroid dienone is 12. The lowest BCUT2D eigenvalue weighted by Crippen LogP contribution is -2.30. The maximum Gasteiger partial charge on any atom is 0.306 e. The van der Waals surface area contributed by atoms with Crippen molar-refractivity contribution < 1.29 is 28.6 Å². The van der Waals surface area contributed by atoms with Crippen LogP contribution in [0, 0.1) is 0 Å². The van der Waals surface area contributed by atoms with Crippen molar-refractivity contribution in [3.05, 3.63) is 72.9 Å². The smallest absolute Gasteiger partial charge is 0.306 e. The molecule has 6 heteroatoms. The van der Waals surface area contributed by atoms with E-state index in [1.54, 1.807) is 0 Å². The van der Waals surface area contributed by atoms with E-state index < -0.39 is 12.1 Å². The van der Waals surface area contributed by atoms with Crippen LogP contribution in [0.2, 0.25) is 0 Å². The molecule has 1 atom stereocenters. The summed E-state index contributed by atoms with van der Waals surface area (Å²) in [4.78, 5) is 38.0. The summed E-state index contributed by atoms with van der Waals surface area (Å²) < 4.78 is 16.7. The van der Waals surface area contributed by atoms with Gasteiger partial charge in [-0.1, -0.05) is 241 Å². The van der Waals surface area contributed by atoms with E-state index in [4.69, 9.17) is 14.2 Å². The Labute approximate surface area is 402 Å². The molecule has 0 rings (SSSR count). The molecule has 0 aromatic carbocycles. The third-order valence-electron chi connectivity index (χ3n) is 11.7. The van der Waals surface area contributed by atoms with Crippen LogP contribution in [0.15, 0.2) is 72.9 Å². The highest BCUT2D eigenvalue weighted by Crippen LogP contribution is 2.15. The van der Waals surface area contributed by atoms with Crippen LogP contribution in [0.25, 0.3) is 0 Å². The molecule has 0 aromatic rings. The molecule has 0 radical (unpaired) electrons. The summed E-state index contributed by atoms with van der Waals surface area (Å²) in [5, 5.41) is 0. The zero-order valence-electron chi connectivity index (χ0n) is 42.7. The van der Waals surface area contributed by atoms with Gasteiger partial charge in [0.05, 0.1) is 0 Å². The maximum absolute atomic E-state index is 12.8. The molecule has 0 heterocycles. The number of esters is 3. The topological polar surface area (TPSA) is 78.9 Å². The minimum atomic E-state index is -0.814. The van der Waals surface area contributed by atoms with Crippen molar-refractivity contribution in [3.63, 3.8) is 0 Å². The number of carbonyl (C=O) groups is 3. The van der Waals surface area contributed by atoms with Crippen molar-refractivity contribution in [1.82, 2.24) is 0 Å². The van der Waals surface area contributed by atoms with E-state index >= 15 is 0 Å². The molecule has 0 saturated carbocycles. The Morgan fingerprint density at radius 3 is 1.00 bits per heavy atom. The summed E-state index contributed by atoms with van der Waals surface area (Å²) in [5.74, 6) is -0.987. The molecule has 0 saturated heterocycles. The first-order chi connectivity index (χ1) is 32.0. The predicted molar refractivity (Wildman–Crippen MR) is 279 cm³/mol. The molecule has 6 nitrogen and oxygen atoms in total. The second-order valence-corrected chi connectivity index (χ2v) is 18.1. The van der Waals surface area contributed by atoms with Gasteiger partial charge in [-0.3, -0.25) is 14.4 Å². The molecular formula is C59H102O6. The fourth-order valence-corrected chi connectivity index (χ4v) is 7.60. The summed E-state index contributed by atoms with van der Waals surface area (Å²) in [6, 6.07) is 0. The maximum atomic E-state index is 12.8. The summed E-state index contributed by atoms with van der Waals surface area (Å²) in [6.07, 6.45) is 67.6. The van der Waals surface area contributed by atoms with Gasteiger partial charge in [0, 0.05) is 19.3 Å². The second kappa shape index (κ2) is 53.5. The van der Waals surface area contributed by atoms with E-state index in [2.05, 4.69) is 87.6 Å². The van der Waals surface area contributed by atoms with Gasteiger partial charge in [-0.2, -0.15) is 0 Å². The highest BCUT2D eigenvalue weighted by atomic mass is 16.6. The van der Waals surface area contributed by atoms with Gasteiger partial charge in [-0.25, -0.2) is 0 Å². The molecule has 0 aliphatic heterocycles. The predicted octanol–water partition coefficient (Wildman–Crippen LogP) is 18.2. The number of hydrogen-bond acceptors (Lipinski definition) is 6. The molecule has 0 N–H and O–H groups in total. The van der Waals surface area contributed by atoms with E-state index in [0.29, 0.717) is 19.3 Å². The lowest BCUT2D eigenvalue weighted by atomic mass is 10.0. The van der Waals surface area contributed by atoms with Crippen molar-refractivity contribution in [2.24, 2.45) is 0 Å². The van der Waals surface area contributed by atoms with Crippen molar-refractivity contribution in [3.8, 4) is 0 Å². The van der Waals surface area contributed by atoms with E-state index in [1.807, 2.05) is 6.08 Å². The lowest BCUT2D eigenvalue weighted by molar-refractivity contribution is -0.166. The van der Waals surface area contributed by atoms with E-state index in [-0.39, 0.29) is 31.6 Å². The van der Waals surface area contributed by atoms with Crippen LogP contribution in [-0.2, 0) is 28.6 Å². The number of rotatable bonds is 49. The molecular weight excluding hydrogens is 805 g/mol. The number of carbonyl (C=O) groups excluding carboxylic acids is 3. The zero-order chi connectivity index (χ0) is 47.2. The zero-order valence-corrected chi connectivity index (χ0v) is 42.7. The van der Waals surface area contributed by atoms with Crippen molar-refractivity contribution in [2.45, 2.75) is 271 Å². The summed E-state index contributed by atoms with van der Waals surface area (Å²) >= 11 is 0. The summed E-state index contributed by atoms with van der Waals surface area (Å²) in [7, 11) is 0. The van der Waals surface area contributed by atoms with Gasteiger partial charge in [0.2, 0.25) is 0 Å². The van der Waals surface area contributed by atoms with Crippen LogP contribution >= 0.6 is 0 Å². The molecule has 0 amide bonds. The van der Waals surface area contributed by atoms with Gasteiger partial charge >= 0.3 is 17.9 Å². The van der Waals surface area contributed by atoms with Gasteiger partial charge in [0.25, 0.3) is 0 Å². The van der Waals surface area contributed by atoms with E-state index in [1.165, 1.54) is 148 Å². The molecule has 374 valence electrons. The highest BCUT2D eigenvalue weighted by Gasteiger charge is 2.19. The van der Waals surface area contributed by atoms with Crippen LogP contribution < -0.4 is 0 Å². The average Bonchev–Trinajstić information content (AvgIpc) is 3.30. The van der Waals surface area contributed by atoms with Crippen molar-refractivity contribution >= 4 is 17.9 Å². The second-order valence-electron chi connectivity index (χ2n) is 18.1. The Kier molecular flexibility index (Phi) is 50.9. The van der Waals surface area contributed by atoms with Crippen LogP contribution in [0.3, 0.4) is 0 Å². The lowest BCUT2D eigenvalue weighted by Gasteiger charge is -2.18. The fourth-order valence-electron chi connectivity index (χ4n) is 7.60. The Morgan fingerprint density at radius 1 is 0.323 bits per heavy atom. The minimum absolute atomic E-state index is 0.104. The first-order valence-electron chi connectivity index (χ1n) is 27.4. The first-order valence-corrected chi connectivity index (χ1v) is 27.4. The molecule has 0 fully saturated rings. The minimum Gasteiger partial charge on any atom is -0.462 e. The SMILES string of the molecule is CC/C=C\C/C=C\C/C=C\C/C=C\C/C=C\CCC(=O)OC(COC(=O)CCCCCCCCC/C=C\CCCCCCCCCC)COC(=O)CCCCCCCCCCCCCC. The Morgan fingerprint density at radius 2 is 0.631 bits per heavy atom. The molecule has 0 bridgehead atoms. The van der Waals surface area contributed by atoms with Gasteiger partial charge < -0.3 is 14.2 Å². The Hall–Kier alpha value is -3.15. The van der Waals surface area contributed by atoms with Crippen LogP contribution in [0.5, 0.6) is 0 Å². The van der Waals surface area contributed by atoms with Gasteiger partial charge in [0.1, 0.15) is 13.2 Å². The average molecular weight is 907 g/mol. The molecule has 0 aliphatic carbocycles. The number of ether oxygens (including phenoxy) is 3. The number of unbranched alkanes of at least 4 members (excludes halogenated alkanes) is 26. The van der Waals surface area contributed by atoms with Gasteiger partial charge in [-0.15, -0.1) is 0 Å². The Balaban J connectivity index is 4.44. The normalized spacial score (nSPS) is 12.6. The first kappa shape index (κ1) is 61.9. The quantitative estimate of drug-likeness (QED) is 0.0262. The fraction of sp³-hybridized carbons (Fsp3) is 0.746. The highest BCUT2D eigenvalue weighted by molar-refractivity contribution is 5.71. The largest absolute Gasteiger partial charge is 0.462 e. The molecule has 0 aliphatic rings. The van der Waals surface area contributed by atoms with Crippen LogP contribution in [0.1, 0.15) is 265 Å². The molecule has 1 unspecified atom stereocenters. The third-order valence-corrected chi connectivity index (χ3v) is 11.7. The molecule has 0 spiro atoms. The standard InChI is InChI=1S/C59H102O6/c1-4-7-10-13-16-19-22-25-27-29-30-31-33-34-37-40-43-46-49-52-58(61)64-55-56(54-63-57(60)51-48-45-42-39-36-24-21-18-15-12-9-6-3)65-59(62)53-50-47-44-41-38-35-32-28-26-23-20-17-14-11-8-5-2/h8,11,17,20,26,28-30,35,38,44,47,56H,4-7,9-10,12-16,18-19,21-25,27,31-34,36-37,39-43,45-46,48-55H2,1-3H3/b11-8-,20-17-,28-26-,30-29-,38-35-,47-44-. The van der Waals surface area contributed by atoms with Crippen LogP contribution in [-0.4, -0.2) is 37.2 Å². The van der Waals surface area contributed by atoms with Gasteiger partial charge in [-0.05, 0) is 77.0 Å².